The Balaban J connectivity index is 2.22. The number of carbonyl (C=O) groups excluding carboxylic acids is 1. The van der Waals surface area contributed by atoms with E-state index in [1.54, 1.807) is 0 Å². The smallest absolute Gasteiger partial charge is 0.255 e. The van der Waals surface area contributed by atoms with Crippen molar-refractivity contribution in [2.24, 2.45) is 11.1 Å². The Bertz CT molecular complexity index is 431. The van der Waals surface area contributed by atoms with Crippen molar-refractivity contribution in [2.45, 2.75) is 26.7 Å². The van der Waals surface area contributed by atoms with Gasteiger partial charge < -0.3 is 16.4 Å². The average molecular weight is 254 g/mol. The topological polar surface area (TPSA) is 85.2 Å². The molecule has 1 aromatic rings. The zero-order valence-electron chi connectivity index (χ0n) is 10.2. The van der Waals surface area contributed by atoms with E-state index < -0.39 is 5.91 Å². The van der Waals surface area contributed by atoms with Gasteiger partial charge in [0.15, 0.2) is 5.82 Å². The largest absolute Gasteiger partial charge is 0.382 e. The summed E-state index contributed by atoms with van der Waals surface area (Å²) in [4.78, 5) is 13.5. The summed E-state index contributed by atoms with van der Waals surface area (Å²) in [5.41, 5.74) is 11.8. The number of nitrogen functional groups attached to an aromatic ring is 1. The molecule has 0 aliphatic carbocycles. The number of aromatic nitrogens is 1. The second-order valence-corrected chi connectivity index (χ2v) is 6.02. The molecule has 1 fully saturated rings. The molecule has 17 heavy (non-hydrogen) atoms. The maximum Gasteiger partial charge on any atom is 0.255 e. The minimum atomic E-state index is -0.490. The second kappa shape index (κ2) is 4.18. The molecule has 1 amide bonds. The highest BCUT2D eigenvalue weighted by molar-refractivity contribution is 7.11. The van der Waals surface area contributed by atoms with Gasteiger partial charge in [-0.15, -0.1) is 0 Å². The van der Waals surface area contributed by atoms with Gasteiger partial charge in [-0.2, -0.15) is 4.37 Å². The summed E-state index contributed by atoms with van der Waals surface area (Å²) in [5.74, 6) is -0.238. The lowest BCUT2D eigenvalue weighted by atomic mass is 9.83. The van der Waals surface area contributed by atoms with E-state index in [9.17, 15) is 4.79 Å². The highest BCUT2D eigenvalue weighted by atomic mass is 32.1. The van der Waals surface area contributed by atoms with Gasteiger partial charge in [0.05, 0.1) is 0 Å². The highest BCUT2D eigenvalue weighted by Crippen LogP contribution is 2.36. The molecule has 0 atom stereocenters. The van der Waals surface area contributed by atoms with E-state index in [0.717, 1.165) is 30.9 Å². The van der Waals surface area contributed by atoms with Crippen LogP contribution in [0, 0.1) is 5.41 Å². The minimum absolute atomic E-state index is 0.252. The molecule has 5 nitrogen and oxygen atoms in total. The zero-order chi connectivity index (χ0) is 12.6. The molecule has 6 heteroatoms. The van der Waals surface area contributed by atoms with Crippen LogP contribution in [-0.2, 0) is 0 Å². The van der Waals surface area contributed by atoms with Gasteiger partial charge in [0.1, 0.15) is 10.6 Å². The van der Waals surface area contributed by atoms with Crippen LogP contribution in [-0.4, -0.2) is 23.4 Å². The molecule has 94 valence electrons. The average Bonchev–Trinajstić information content (AvgIpc) is 2.60. The predicted molar refractivity (Wildman–Crippen MR) is 70.3 cm³/mol. The molecule has 1 aromatic heterocycles. The molecule has 2 heterocycles. The van der Waals surface area contributed by atoms with Gasteiger partial charge in [-0.3, -0.25) is 4.79 Å². The van der Waals surface area contributed by atoms with Crippen LogP contribution >= 0.6 is 11.5 Å². The maximum atomic E-state index is 11.4. The Kier molecular flexibility index (Phi) is 2.99. The number of rotatable bonds is 2. The molecule has 0 unspecified atom stereocenters. The Morgan fingerprint density at radius 1 is 1.41 bits per heavy atom. The van der Waals surface area contributed by atoms with Crippen molar-refractivity contribution in [1.82, 2.24) is 4.37 Å². The van der Waals surface area contributed by atoms with Gasteiger partial charge in [-0.1, -0.05) is 13.8 Å². The van der Waals surface area contributed by atoms with Crippen molar-refractivity contribution in [3.05, 3.63) is 5.56 Å². The molecular formula is C11H18N4OS. The Hall–Kier alpha value is -1.30. The van der Waals surface area contributed by atoms with E-state index in [-0.39, 0.29) is 5.82 Å². The zero-order valence-corrected chi connectivity index (χ0v) is 11.0. The molecule has 0 aromatic carbocycles. The molecule has 0 spiro atoms. The SMILES string of the molecule is CC1(C)CCN(c2snc(N)c2C(N)=O)CC1. The Labute approximate surface area is 105 Å². The molecule has 0 saturated carbocycles. The summed E-state index contributed by atoms with van der Waals surface area (Å²) in [7, 11) is 0. The third kappa shape index (κ3) is 2.36. The van der Waals surface area contributed by atoms with E-state index in [4.69, 9.17) is 11.5 Å². The van der Waals surface area contributed by atoms with Gasteiger partial charge in [-0.05, 0) is 29.8 Å². The van der Waals surface area contributed by atoms with Gasteiger partial charge in [0, 0.05) is 13.1 Å². The standard InChI is InChI=1S/C11H18N4OS/c1-11(2)3-5-15(6-4-11)10-7(9(13)16)8(12)14-17-10/h3-6H2,1-2H3,(H2,12,14)(H2,13,16). The van der Waals surface area contributed by atoms with Gasteiger partial charge in [0.2, 0.25) is 0 Å². The first-order valence-corrected chi connectivity index (χ1v) is 6.48. The lowest BCUT2D eigenvalue weighted by Gasteiger charge is -2.37. The molecule has 1 saturated heterocycles. The Morgan fingerprint density at radius 3 is 2.53 bits per heavy atom. The highest BCUT2D eigenvalue weighted by Gasteiger charge is 2.29. The number of anilines is 2. The number of nitrogens with zero attached hydrogens (tertiary/aromatic N) is 2. The summed E-state index contributed by atoms with van der Waals surface area (Å²) in [6.45, 7) is 6.38. The van der Waals surface area contributed by atoms with Crippen LogP contribution in [0.4, 0.5) is 10.8 Å². The minimum Gasteiger partial charge on any atom is -0.382 e. The number of primary amides is 1. The van der Waals surface area contributed by atoms with Crippen molar-refractivity contribution < 1.29 is 4.79 Å². The van der Waals surface area contributed by atoms with Crippen LogP contribution < -0.4 is 16.4 Å². The van der Waals surface area contributed by atoms with Crippen LogP contribution in [0.3, 0.4) is 0 Å². The number of hydrogen-bond donors (Lipinski definition) is 2. The molecule has 1 aliphatic rings. The van der Waals surface area contributed by atoms with Gasteiger partial charge >= 0.3 is 0 Å². The van der Waals surface area contributed by atoms with E-state index in [1.165, 1.54) is 11.5 Å². The second-order valence-electron chi connectivity index (χ2n) is 5.26. The maximum absolute atomic E-state index is 11.4. The van der Waals surface area contributed by atoms with Crippen molar-refractivity contribution in [1.29, 1.82) is 0 Å². The first-order chi connectivity index (χ1) is 7.91. The third-order valence-electron chi connectivity index (χ3n) is 3.35. The van der Waals surface area contributed by atoms with Gasteiger partial charge in [0.25, 0.3) is 5.91 Å². The lowest BCUT2D eigenvalue weighted by molar-refractivity contribution is 0.100. The monoisotopic (exact) mass is 254 g/mol. The quantitative estimate of drug-likeness (QED) is 0.836. The van der Waals surface area contributed by atoms with E-state index >= 15 is 0 Å². The normalized spacial score (nSPS) is 19.3. The lowest BCUT2D eigenvalue weighted by Crippen LogP contribution is -2.37. The summed E-state index contributed by atoms with van der Waals surface area (Å²) in [5, 5.41) is 0.825. The number of piperidine rings is 1. The van der Waals surface area contributed by atoms with Crippen molar-refractivity contribution in [3.8, 4) is 0 Å². The number of hydrogen-bond acceptors (Lipinski definition) is 5. The molecule has 4 N–H and O–H groups in total. The van der Waals surface area contributed by atoms with Crippen LogP contribution in [0.15, 0.2) is 0 Å². The van der Waals surface area contributed by atoms with Crippen molar-refractivity contribution in [2.75, 3.05) is 23.7 Å². The fraction of sp³-hybridized carbons (Fsp3) is 0.636. The van der Waals surface area contributed by atoms with Crippen LogP contribution in [0.1, 0.15) is 37.0 Å². The van der Waals surface area contributed by atoms with Crippen molar-refractivity contribution >= 4 is 28.3 Å². The van der Waals surface area contributed by atoms with E-state index in [1.807, 2.05) is 0 Å². The summed E-state index contributed by atoms with van der Waals surface area (Å²) >= 11 is 1.26. The molecule has 2 rings (SSSR count). The van der Waals surface area contributed by atoms with Crippen LogP contribution in [0.25, 0.3) is 0 Å². The molecular weight excluding hydrogens is 236 g/mol. The molecule has 0 radical (unpaired) electrons. The number of carbonyl (C=O) groups is 1. The first-order valence-electron chi connectivity index (χ1n) is 5.70. The summed E-state index contributed by atoms with van der Waals surface area (Å²) in [6.07, 6.45) is 2.20. The van der Waals surface area contributed by atoms with Crippen LogP contribution in [0.5, 0.6) is 0 Å². The van der Waals surface area contributed by atoms with Crippen LogP contribution in [0.2, 0.25) is 0 Å². The summed E-state index contributed by atoms with van der Waals surface area (Å²) < 4.78 is 4.03. The fourth-order valence-corrected chi connectivity index (χ4v) is 2.93. The Morgan fingerprint density at radius 2 is 2.00 bits per heavy atom. The molecule has 1 aliphatic heterocycles. The number of nitrogens with two attached hydrogens (primary N) is 2. The van der Waals surface area contributed by atoms with E-state index in [2.05, 4.69) is 23.1 Å². The predicted octanol–water partition coefficient (Wildman–Crippen LogP) is 1.45. The van der Waals surface area contributed by atoms with E-state index in [0.29, 0.717) is 11.0 Å². The molecule has 0 bridgehead atoms. The first kappa shape index (κ1) is 12.2. The van der Waals surface area contributed by atoms with Crippen molar-refractivity contribution in [3.63, 3.8) is 0 Å². The fourth-order valence-electron chi connectivity index (χ4n) is 2.06. The van der Waals surface area contributed by atoms with Gasteiger partial charge in [-0.25, -0.2) is 0 Å². The summed E-state index contributed by atoms with van der Waals surface area (Å²) in [6, 6.07) is 0. The third-order valence-corrected chi connectivity index (χ3v) is 4.27. The number of amides is 1.